The lowest BCUT2D eigenvalue weighted by molar-refractivity contribution is -0.150. The van der Waals surface area contributed by atoms with Crippen LogP contribution in [0, 0.1) is 0 Å². The maximum absolute atomic E-state index is 13.0. The van der Waals surface area contributed by atoms with Crippen molar-refractivity contribution in [3.63, 3.8) is 0 Å². The standard InChI is InChI=1S/C28H29NO6/c1-20(30)33-18-28(31)29(17-21-8-4-3-5-9-21)15-14-23(24-10-6-7-11-25(24)32-2)22-12-13-26-27(16-22)35-19-34-26/h3-13,16,23H,14-15,17-19H2,1-2H3. The number of carbonyl (C=O) groups excluding carboxylic acids is 2. The predicted molar refractivity (Wildman–Crippen MR) is 131 cm³/mol. The second-order valence-corrected chi connectivity index (χ2v) is 8.28. The molecule has 3 aromatic carbocycles. The van der Waals surface area contributed by atoms with Gasteiger partial charge in [0.25, 0.3) is 5.91 Å². The maximum Gasteiger partial charge on any atom is 0.303 e. The third-order valence-corrected chi connectivity index (χ3v) is 5.97. The quantitative estimate of drug-likeness (QED) is 0.401. The first-order valence-corrected chi connectivity index (χ1v) is 11.5. The average Bonchev–Trinajstić information content (AvgIpc) is 3.35. The zero-order valence-corrected chi connectivity index (χ0v) is 19.9. The van der Waals surface area contributed by atoms with E-state index in [1.165, 1.54) is 6.92 Å². The number of hydrogen-bond donors (Lipinski definition) is 0. The molecule has 7 nitrogen and oxygen atoms in total. The second-order valence-electron chi connectivity index (χ2n) is 8.28. The lowest BCUT2D eigenvalue weighted by Crippen LogP contribution is -2.35. The minimum Gasteiger partial charge on any atom is -0.496 e. The molecule has 1 aliphatic rings. The number of para-hydroxylation sites is 1. The summed E-state index contributed by atoms with van der Waals surface area (Å²) in [6.45, 7) is 2.08. The number of amides is 1. The van der Waals surface area contributed by atoms with Gasteiger partial charge in [-0.2, -0.15) is 0 Å². The van der Waals surface area contributed by atoms with Gasteiger partial charge in [-0.25, -0.2) is 0 Å². The van der Waals surface area contributed by atoms with Gasteiger partial charge < -0.3 is 23.8 Å². The molecule has 0 fully saturated rings. The maximum atomic E-state index is 13.0. The SMILES string of the molecule is COc1ccccc1C(CCN(Cc1ccccc1)C(=O)COC(C)=O)c1ccc2c(c1)OCO2. The molecule has 4 rings (SSSR count). The highest BCUT2D eigenvalue weighted by Gasteiger charge is 2.24. The van der Waals surface area contributed by atoms with Gasteiger partial charge in [0.1, 0.15) is 5.75 Å². The first-order valence-electron chi connectivity index (χ1n) is 11.5. The number of ether oxygens (including phenoxy) is 4. The molecule has 1 aliphatic heterocycles. The van der Waals surface area contributed by atoms with E-state index < -0.39 is 5.97 Å². The van der Waals surface area contributed by atoms with Crippen molar-refractivity contribution in [2.75, 3.05) is 27.1 Å². The van der Waals surface area contributed by atoms with Crippen molar-refractivity contribution in [3.05, 3.63) is 89.5 Å². The molecular weight excluding hydrogens is 446 g/mol. The minimum absolute atomic E-state index is 0.0690. The number of nitrogens with zero attached hydrogens (tertiary/aromatic N) is 1. The molecule has 1 atom stereocenters. The van der Waals surface area contributed by atoms with Crippen LogP contribution >= 0.6 is 0 Å². The summed E-state index contributed by atoms with van der Waals surface area (Å²) in [6.07, 6.45) is 0.624. The fourth-order valence-electron chi connectivity index (χ4n) is 4.22. The van der Waals surface area contributed by atoms with E-state index in [9.17, 15) is 9.59 Å². The molecule has 3 aromatic rings. The van der Waals surface area contributed by atoms with E-state index in [1.807, 2.05) is 72.8 Å². The van der Waals surface area contributed by atoms with Crippen LogP contribution in [-0.4, -0.2) is 43.8 Å². The highest BCUT2D eigenvalue weighted by Crippen LogP contribution is 2.40. The summed E-state index contributed by atoms with van der Waals surface area (Å²) in [5.41, 5.74) is 3.05. The van der Waals surface area contributed by atoms with Gasteiger partial charge in [0.2, 0.25) is 6.79 Å². The van der Waals surface area contributed by atoms with Crippen LogP contribution in [0.3, 0.4) is 0 Å². The van der Waals surface area contributed by atoms with Gasteiger partial charge in [0.05, 0.1) is 7.11 Å². The molecular formula is C28H29NO6. The molecule has 0 radical (unpaired) electrons. The van der Waals surface area contributed by atoms with E-state index >= 15 is 0 Å². The largest absolute Gasteiger partial charge is 0.496 e. The van der Waals surface area contributed by atoms with Crippen molar-refractivity contribution in [1.82, 2.24) is 4.90 Å². The number of esters is 1. The molecule has 0 aromatic heterocycles. The molecule has 182 valence electrons. The summed E-state index contributed by atoms with van der Waals surface area (Å²) in [7, 11) is 1.65. The smallest absolute Gasteiger partial charge is 0.303 e. The molecule has 0 saturated heterocycles. The van der Waals surface area contributed by atoms with Crippen molar-refractivity contribution in [1.29, 1.82) is 0 Å². The number of benzene rings is 3. The molecule has 0 aliphatic carbocycles. The lowest BCUT2D eigenvalue weighted by Gasteiger charge is -2.27. The van der Waals surface area contributed by atoms with Crippen LogP contribution in [0.4, 0.5) is 0 Å². The molecule has 7 heteroatoms. The second kappa shape index (κ2) is 11.4. The van der Waals surface area contributed by atoms with E-state index in [-0.39, 0.29) is 25.2 Å². The highest BCUT2D eigenvalue weighted by atomic mass is 16.7. The molecule has 0 N–H and O–H groups in total. The Labute approximate surface area is 205 Å². The van der Waals surface area contributed by atoms with E-state index in [0.29, 0.717) is 25.3 Å². The Bertz CT molecular complexity index is 1160. The topological polar surface area (TPSA) is 74.3 Å². The lowest BCUT2D eigenvalue weighted by atomic mass is 9.87. The van der Waals surface area contributed by atoms with Crippen LogP contribution in [0.15, 0.2) is 72.8 Å². The van der Waals surface area contributed by atoms with Crippen LogP contribution in [0.5, 0.6) is 17.2 Å². The zero-order chi connectivity index (χ0) is 24.6. The molecule has 35 heavy (non-hydrogen) atoms. The molecule has 0 bridgehead atoms. The van der Waals surface area contributed by atoms with Crippen LogP contribution in [-0.2, 0) is 20.9 Å². The minimum atomic E-state index is -0.481. The van der Waals surface area contributed by atoms with Gasteiger partial charge in [0.15, 0.2) is 18.1 Å². The molecule has 1 heterocycles. The van der Waals surface area contributed by atoms with Crippen molar-refractivity contribution in [3.8, 4) is 17.2 Å². The fraction of sp³-hybridized carbons (Fsp3) is 0.286. The van der Waals surface area contributed by atoms with E-state index in [4.69, 9.17) is 18.9 Å². The number of rotatable bonds is 10. The third-order valence-electron chi connectivity index (χ3n) is 5.97. The van der Waals surface area contributed by atoms with Gasteiger partial charge >= 0.3 is 5.97 Å². The number of hydrogen-bond acceptors (Lipinski definition) is 6. The Morgan fingerprint density at radius 1 is 0.971 bits per heavy atom. The van der Waals surface area contributed by atoms with Crippen LogP contribution in [0.2, 0.25) is 0 Å². The Morgan fingerprint density at radius 2 is 1.71 bits per heavy atom. The van der Waals surface area contributed by atoms with E-state index in [1.54, 1.807) is 12.0 Å². The van der Waals surface area contributed by atoms with Crippen LogP contribution < -0.4 is 14.2 Å². The Morgan fingerprint density at radius 3 is 2.49 bits per heavy atom. The Kier molecular flexibility index (Phi) is 7.88. The van der Waals surface area contributed by atoms with Crippen molar-refractivity contribution in [2.45, 2.75) is 25.8 Å². The normalized spacial score (nSPS) is 12.6. The van der Waals surface area contributed by atoms with E-state index in [2.05, 4.69) is 0 Å². The van der Waals surface area contributed by atoms with Crippen LogP contribution in [0.1, 0.15) is 36.0 Å². The first kappa shape index (κ1) is 24.1. The fourth-order valence-corrected chi connectivity index (χ4v) is 4.22. The van der Waals surface area contributed by atoms with Gasteiger partial charge in [-0.05, 0) is 35.7 Å². The summed E-state index contributed by atoms with van der Waals surface area (Å²) in [4.78, 5) is 26.0. The zero-order valence-electron chi connectivity index (χ0n) is 19.9. The monoisotopic (exact) mass is 475 g/mol. The number of fused-ring (bicyclic) bond motifs is 1. The number of carbonyl (C=O) groups is 2. The molecule has 1 unspecified atom stereocenters. The third kappa shape index (κ3) is 6.12. The summed E-state index contributed by atoms with van der Waals surface area (Å²) in [5.74, 6) is 1.40. The van der Waals surface area contributed by atoms with Crippen molar-refractivity contribution in [2.24, 2.45) is 0 Å². The summed E-state index contributed by atoms with van der Waals surface area (Å²) in [5, 5.41) is 0. The summed E-state index contributed by atoms with van der Waals surface area (Å²) in [6, 6.07) is 23.6. The Balaban J connectivity index is 1.61. The van der Waals surface area contributed by atoms with Gasteiger partial charge in [-0.15, -0.1) is 0 Å². The van der Waals surface area contributed by atoms with Gasteiger partial charge in [-0.1, -0.05) is 54.6 Å². The summed E-state index contributed by atoms with van der Waals surface area (Å²) < 4.78 is 21.8. The molecule has 0 saturated carbocycles. The van der Waals surface area contributed by atoms with Crippen molar-refractivity contribution < 1.29 is 28.5 Å². The average molecular weight is 476 g/mol. The van der Waals surface area contributed by atoms with Gasteiger partial charge in [-0.3, -0.25) is 9.59 Å². The summed E-state index contributed by atoms with van der Waals surface area (Å²) >= 11 is 0. The van der Waals surface area contributed by atoms with Crippen molar-refractivity contribution >= 4 is 11.9 Å². The highest BCUT2D eigenvalue weighted by molar-refractivity contribution is 5.80. The molecule has 0 spiro atoms. The number of methoxy groups -OCH3 is 1. The first-order chi connectivity index (χ1) is 17.0. The van der Waals surface area contributed by atoms with Gasteiger partial charge in [0, 0.05) is 31.5 Å². The van der Waals surface area contributed by atoms with E-state index in [0.717, 1.165) is 28.2 Å². The van der Waals surface area contributed by atoms with Crippen LogP contribution in [0.25, 0.3) is 0 Å². The molecule has 1 amide bonds. The Hall–Kier alpha value is -4.00. The predicted octanol–water partition coefficient (Wildman–Crippen LogP) is 4.54.